The van der Waals surface area contributed by atoms with Gasteiger partial charge < -0.3 is 15.7 Å². The molecule has 0 radical (unpaired) electrons. The number of nitrogens with one attached hydrogen (secondary N) is 2. The van der Waals surface area contributed by atoms with E-state index in [4.69, 9.17) is 5.11 Å². The molecule has 0 aromatic heterocycles. The van der Waals surface area contributed by atoms with E-state index in [1.165, 1.54) is 6.07 Å². The molecule has 1 aromatic carbocycles. The summed E-state index contributed by atoms with van der Waals surface area (Å²) in [6, 6.07) is 3.49. The summed E-state index contributed by atoms with van der Waals surface area (Å²) in [4.78, 5) is 4.54. The van der Waals surface area contributed by atoms with Crippen LogP contribution < -0.4 is 10.6 Å². The standard InChI is InChI=1S/C18H29F2N3O.HI/c1-3-5-14(9-11-24)13-23-18(21-4-2)22-10-8-15-12-16(19)6-7-17(15)20;/h6-7,12,14,24H,3-5,8-11,13H2,1-2H3,(H2,21,22,23);1H. The minimum absolute atomic E-state index is 0. The lowest BCUT2D eigenvalue weighted by Crippen LogP contribution is -2.38. The fourth-order valence-electron chi connectivity index (χ4n) is 2.53. The summed E-state index contributed by atoms with van der Waals surface area (Å²) < 4.78 is 26.8. The Bertz CT molecular complexity index is 509. The smallest absolute Gasteiger partial charge is 0.191 e. The van der Waals surface area contributed by atoms with Crippen LogP contribution in [0.5, 0.6) is 0 Å². The zero-order valence-electron chi connectivity index (χ0n) is 15.0. The molecule has 0 saturated carbocycles. The predicted molar refractivity (Wildman–Crippen MR) is 110 cm³/mol. The molecule has 0 amide bonds. The van der Waals surface area contributed by atoms with Gasteiger partial charge in [-0.15, -0.1) is 24.0 Å². The summed E-state index contributed by atoms with van der Waals surface area (Å²) in [6.07, 6.45) is 3.20. The first kappa shape index (κ1) is 24.0. The van der Waals surface area contributed by atoms with E-state index in [1.807, 2.05) is 6.92 Å². The quantitative estimate of drug-likeness (QED) is 0.280. The lowest BCUT2D eigenvalue weighted by Gasteiger charge is -2.15. The van der Waals surface area contributed by atoms with Crippen molar-refractivity contribution in [2.75, 3.05) is 26.2 Å². The first-order chi connectivity index (χ1) is 11.6. The molecule has 1 atom stereocenters. The van der Waals surface area contributed by atoms with Crippen molar-refractivity contribution < 1.29 is 13.9 Å². The second-order valence-corrected chi connectivity index (χ2v) is 5.80. The van der Waals surface area contributed by atoms with Crippen LogP contribution in [0.15, 0.2) is 23.2 Å². The number of rotatable bonds is 10. The van der Waals surface area contributed by atoms with Gasteiger partial charge in [0.2, 0.25) is 0 Å². The van der Waals surface area contributed by atoms with Gasteiger partial charge >= 0.3 is 0 Å². The lowest BCUT2D eigenvalue weighted by molar-refractivity contribution is 0.253. The molecule has 0 spiro atoms. The molecule has 0 aliphatic carbocycles. The number of nitrogens with zero attached hydrogens (tertiary/aromatic N) is 1. The summed E-state index contributed by atoms with van der Waals surface area (Å²) >= 11 is 0. The summed E-state index contributed by atoms with van der Waals surface area (Å²) in [5.41, 5.74) is 0.350. The molecule has 144 valence electrons. The van der Waals surface area contributed by atoms with E-state index in [1.54, 1.807) is 0 Å². The maximum Gasteiger partial charge on any atom is 0.191 e. The molecule has 4 nitrogen and oxygen atoms in total. The second kappa shape index (κ2) is 14.2. The lowest BCUT2D eigenvalue weighted by atomic mass is 10.0. The van der Waals surface area contributed by atoms with Crippen molar-refractivity contribution in [1.82, 2.24) is 10.6 Å². The maximum atomic E-state index is 13.6. The van der Waals surface area contributed by atoms with E-state index in [0.29, 0.717) is 37.0 Å². The average molecular weight is 469 g/mol. The van der Waals surface area contributed by atoms with E-state index in [2.05, 4.69) is 22.5 Å². The highest BCUT2D eigenvalue weighted by molar-refractivity contribution is 14.0. The molecule has 7 heteroatoms. The van der Waals surface area contributed by atoms with Crippen molar-refractivity contribution >= 4 is 29.9 Å². The number of aliphatic hydroxyl groups is 1. The Labute approximate surface area is 166 Å². The summed E-state index contributed by atoms with van der Waals surface area (Å²) in [5, 5.41) is 15.4. The van der Waals surface area contributed by atoms with Gasteiger partial charge in [0.1, 0.15) is 11.6 Å². The Hall–Kier alpha value is -0.960. The molecule has 1 aromatic rings. The third kappa shape index (κ3) is 9.94. The molecule has 1 rings (SSSR count). The fraction of sp³-hybridized carbons (Fsp3) is 0.611. The van der Waals surface area contributed by atoms with Gasteiger partial charge in [-0.2, -0.15) is 0 Å². The highest BCUT2D eigenvalue weighted by atomic mass is 127. The van der Waals surface area contributed by atoms with Crippen LogP contribution in [0, 0.1) is 17.6 Å². The van der Waals surface area contributed by atoms with Crippen LogP contribution in [0.3, 0.4) is 0 Å². The Morgan fingerprint density at radius 1 is 1.20 bits per heavy atom. The van der Waals surface area contributed by atoms with Gasteiger partial charge in [-0.1, -0.05) is 13.3 Å². The van der Waals surface area contributed by atoms with Gasteiger partial charge in [0, 0.05) is 26.2 Å². The van der Waals surface area contributed by atoms with E-state index < -0.39 is 11.6 Å². The van der Waals surface area contributed by atoms with Gasteiger partial charge in [-0.05, 0) is 55.9 Å². The summed E-state index contributed by atoms with van der Waals surface area (Å²) in [6.45, 7) is 6.08. The molecule has 0 aliphatic rings. The van der Waals surface area contributed by atoms with Crippen LogP contribution in [-0.2, 0) is 6.42 Å². The highest BCUT2D eigenvalue weighted by Crippen LogP contribution is 2.11. The van der Waals surface area contributed by atoms with Crippen molar-refractivity contribution in [2.45, 2.75) is 39.5 Å². The van der Waals surface area contributed by atoms with Crippen LogP contribution >= 0.6 is 24.0 Å². The van der Waals surface area contributed by atoms with E-state index in [-0.39, 0.29) is 30.6 Å². The number of aliphatic imine (C=N–C) groups is 1. The van der Waals surface area contributed by atoms with Crippen LogP contribution in [0.4, 0.5) is 8.78 Å². The minimum atomic E-state index is -0.432. The first-order valence-corrected chi connectivity index (χ1v) is 8.67. The van der Waals surface area contributed by atoms with Crippen molar-refractivity contribution in [3.05, 3.63) is 35.4 Å². The zero-order valence-corrected chi connectivity index (χ0v) is 17.4. The third-order valence-electron chi connectivity index (χ3n) is 3.78. The van der Waals surface area contributed by atoms with Gasteiger partial charge in [-0.3, -0.25) is 4.99 Å². The molecule has 1 unspecified atom stereocenters. The fourth-order valence-corrected chi connectivity index (χ4v) is 2.53. The van der Waals surface area contributed by atoms with Gasteiger partial charge in [0.25, 0.3) is 0 Å². The largest absolute Gasteiger partial charge is 0.396 e. The van der Waals surface area contributed by atoms with Crippen molar-refractivity contribution in [3.8, 4) is 0 Å². The second-order valence-electron chi connectivity index (χ2n) is 5.80. The Morgan fingerprint density at radius 3 is 2.60 bits per heavy atom. The Kier molecular flexibility index (Phi) is 13.7. The topological polar surface area (TPSA) is 56.7 Å². The highest BCUT2D eigenvalue weighted by Gasteiger charge is 2.08. The third-order valence-corrected chi connectivity index (χ3v) is 3.78. The normalized spacial score (nSPS) is 12.4. The van der Waals surface area contributed by atoms with Gasteiger partial charge in [0.15, 0.2) is 5.96 Å². The SMILES string of the molecule is CCCC(CCO)CN=C(NCC)NCCc1cc(F)ccc1F.I. The molecule has 0 bridgehead atoms. The Balaban J connectivity index is 0.00000576. The van der Waals surface area contributed by atoms with Gasteiger partial charge in [0.05, 0.1) is 0 Å². The summed E-state index contributed by atoms with van der Waals surface area (Å²) in [5.74, 6) is 0.189. The summed E-state index contributed by atoms with van der Waals surface area (Å²) in [7, 11) is 0. The first-order valence-electron chi connectivity index (χ1n) is 8.67. The van der Waals surface area contributed by atoms with Gasteiger partial charge in [-0.25, -0.2) is 8.78 Å². The van der Waals surface area contributed by atoms with E-state index >= 15 is 0 Å². The van der Waals surface area contributed by atoms with Crippen LogP contribution in [0.2, 0.25) is 0 Å². The molecule has 3 N–H and O–H groups in total. The molecule has 0 fully saturated rings. The average Bonchev–Trinajstić information content (AvgIpc) is 2.56. The van der Waals surface area contributed by atoms with Crippen LogP contribution in [0.25, 0.3) is 0 Å². The van der Waals surface area contributed by atoms with Crippen molar-refractivity contribution in [3.63, 3.8) is 0 Å². The number of hydrogen-bond acceptors (Lipinski definition) is 2. The minimum Gasteiger partial charge on any atom is -0.396 e. The molecule has 25 heavy (non-hydrogen) atoms. The molecule has 0 aliphatic heterocycles. The monoisotopic (exact) mass is 469 g/mol. The zero-order chi connectivity index (χ0) is 17.8. The number of benzene rings is 1. The van der Waals surface area contributed by atoms with Crippen LogP contribution in [0.1, 0.15) is 38.7 Å². The molecule has 0 heterocycles. The maximum absolute atomic E-state index is 13.6. The number of aliphatic hydroxyl groups excluding tert-OH is 1. The van der Waals surface area contributed by atoms with E-state index in [0.717, 1.165) is 37.9 Å². The molecular weight excluding hydrogens is 439 g/mol. The van der Waals surface area contributed by atoms with Crippen LogP contribution in [-0.4, -0.2) is 37.3 Å². The van der Waals surface area contributed by atoms with Crippen molar-refractivity contribution in [1.29, 1.82) is 0 Å². The number of halogens is 3. The Morgan fingerprint density at radius 2 is 1.96 bits per heavy atom. The predicted octanol–water partition coefficient (Wildman–Crippen LogP) is 3.48. The van der Waals surface area contributed by atoms with Crippen molar-refractivity contribution in [2.24, 2.45) is 10.9 Å². The van der Waals surface area contributed by atoms with E-state index in [9.17, 15) is 8.78 Å². The molecular formula is C18H30F2IN3O. The number of hydrogen-bond donors (Lipinski definition) is 3. The number of guanidine groups is 1. The molecule has 0 saturated heterocycles.